The van der Waals surface area contributed by atoms with E-state index in [0.717, 1.165) is 40.3 Å². The van der Waals surface area contributed by atoms with Gasteiger partial charge in [-0.3, -0.25) is 9.11 Å². The van der Waals surface area contributed by atoms with Gasteiger partial charge in [-0.15, -0.1) is 10.2 Å². The number of nitrogens with zero attached hydrogens (tertiary/aromatic N) is 7. The van der Waals surface area contributed by atoms with Gasteiger partial charge in [-0.1, -0.05) is 45.5 Å². The minimum absolute atomic E-state index is 0.145. The Morgan fingerprint density at radius 1 is 1.00 bits per heavy atom. The lowest BCUT2D eigenvalue weighted by Gasteiger charge is -2.21. The van der Waals surface area contributed by atoms with Crippen molar-refractivity contribution in [1.29, 1.82) is 5.26 Å². The van der Waals surface area contributed by atoms with Gasteiger partial charge in [-0.2, -0.15) is 32.3 Å². The lowest BCUT2D eigenvalue weighted by atomic mass is 9.91. The summed E-state index contributed by atoms with van der Waals surface area (Å²) >= 11 is 0. The fourth-order valence-electron chi connectivity index (χ4n) is 4.25. The zero-order valence-corrected chi connectivity index (χ0v) is 23.4. The Morgan fingerprint density at radius 2 is 1.71 bits per heavy atom. The third kappa shape index (κ3) is 4.91. The molecule has 5 rings (SSSR count). The molecule has 16 heteroatoms. The number of rotatable bonds is 5. The molecule has 0 saturated carbocycles. The number of hydrogen-bond donors (Lipinski definition) is 3. The lowest BCUT2D eigenvalue weighted by molar-refractivity contribution is 0.477. The molecular formula is C25H22N8O6S2. The van der Waals surface area contributed by atoms with Gasteiger partial charge in [0.25, 0.3) is 20.2 Å². The highest BCUT2D eigenvalue weighted by Gasteiger charge is 2.32. The van der Waals surface area contributed by atoms with E-state index in [-0.39, 0.29) is 11.4 Å². The van der Waals surface area contributed by atoms with E-state index in [9.17, 15) is 31.2 Å². The molecule has 2 aromatic carbocycles. The van der Waals surface area contributed by atoms with E-state index < -0.39 is 41.1 Å². The number of nitrogens with one attached hydrogen (secondary N) is 1. The van der Waals surface area contributed by atoms with Gasteiger partial charge in [0.1, 0.15) is 16.5 Å². The first kappa shape index (κ1) is 27.9. The van der Waals surface area contributed by atoms with Gasteiger partial charge in [0, 0.05) is 16.7 Å². The summed E-state index contributed by atoms with van der Waals surface area (Å²) in [6.07, 6.45) is 1.07. The van der Waals surface area contributed by atoms with Crippen molar-refractivity contribution in [3.05, 3.63) is 72.1 Å². The molecule has 2 aromatic heterocycles. The van der Waals surface area contributed by atoms with Crippen molar-refractivity contribution in [2.75, 3.05) is 5.32 Å². The molecule has 0 saturated heterocycles. The van der Waals surface area contributed by atoms with Crippen molar-refractivity contribution in [2.45, 2.75) is 36.0 Å². The molecule has 41 heavy (non-hydrogen) atoms. The highest BCUT2D eigenvalue weighted by molar-refractivity contribution is 7.86. The molecule has 0 spiro atoms. The smallest absolute Gasteiger partial charge is 0.296 e. The molecule has 3 heterocycles. The maximum atomic E-state index is 12.1. The number of benzene rings is 2. The summed E-state index contributed by atoms with van der Waals surface area (Å²) in [5, 5.41) is 30.3. The fourth-order valence-corrected chi connectivity index (χ4v) is 5.40. The number of hydrogen-bond acceptors (Lipinski definition) is 10. The number of aromatic nitrogens is 4. The van der Waals surface area contributed by atoms with Crippen LogP contribution in [-0.2, 0) is 25.7 Å². The number of anilines is 1. The predicted molar refractivity (Wildman–Crippen MR) is 147 cm³/mol. The number of fused-ring (bicyclic) bond motifs is 3. The molecule has 0 aliphatic carbocycles. The van der Waals surface area contributed by atoms with E-state index in [1.165, 1.54) is 0 Å². The molecule has 0 bridgehead atoms. The highest BCUT2D eigenvalue weighted by atomic mass is 32.2. The molecule has 3 N–H and O–H groups in total. The Hall–Kier alpha value is -4.69. The van der Waals surface area contributed by atoms with Gasteiger partial charge in [0.15, 0.2) is 17.3 Å². The number of para-hydroxylation sites is 1. The second-order valence-corrected chi connectivity index (χ2v) is 12.8. The molecule has 0 fully saturated rings. The average molecular weight is 595 g/mol. The van der Waals surface area contributed by atoms with E-state index in [1.54, 1.807) is 4.68 Å². The van der Waals surface area contributed by atoms with Crippen LogP contribution in [0.1, 0.15) is 37.6 Å². The SMILES string of the molecule is C=C1Nc2c(/N=N/c3c(C#N)cnn3-c3cc(S(=O)(=O)O)ccc3S(=O)(=O)O)c(C(C)(C)C)nn2-c2ccccc21. The minimum atomic E-state index is -4.91. The van der Waals surface area contributed by atoms with E-state index in [1.807, 2.05) is 51.1 Å². The van der Waals surface area contributed by atoms with Crippen LogP contribution in [0.25, 0.3) is 17.1 Å². The Labute approximate surface area is 234 Å². The number of nitriles is 1. The zero-order valence-electron chi connectivity index (χ0n) is 21.8. The van der Waals surface area contributed by atoms with Crippen molar-refractivity contribution >= 4 is 43.3 Å². The van der Waals surface area contributed by atoms with Crippen LogP contribution in [0.4, 0.5) is 17.3 Å². The van der Waals surface area contributed by atoms with Crippen molar-refractivity contribution in [3.63, 3.8) is 0 Å². The first-order valence-corrected chi connectivity index (χ1v) is 14.7. The summed E-state index contributed by atoms with van der Waals surface area (Å²) in [7, 11) is -9.70. The molecule has 0 radical (unpaired) electrons. The highest BCUT2D eigenvalue weighted by Crippen LogP contribution is 2.44. The fraction of sp³-hybridized carbons (Fsp3) is 0.160. The summed E-state index contributed by atoms with van der Waals surface area (Å²) in [5.74, 6) is 0.165. The van der Waals surface area contributed by atoms with E-state index in [0.29, 0.717) is 22.9 Å². The van der Waals surface area contributed by atoms with Crippen molar-refractivity contribution in [2.24, 2.45) is 10.2 Å². The summed E-state index contributed by atoms with van der Waals surface area (Å²) in [6, 6.07) is 11.7. The second kappa shape index (κ2) is 9.45. The molecule has 0 unspecified atom stereocenters. The largest absolute Gasteiger partial charge is 0.338 e. The Bertz CT molecular complexity index is 2050. The summed E-state index contributed by atoms with van der Waals surface area (Å²) < 4.78 is 69.6. The quantitative estimate of drug-likeness (QED) is 0.217. The average Bonchev–Trinajstić information content (AvgIpc) is 3.47. The van der Waals surface area contributed by atoms with Crippen LogP contribution in [0, 0.1) is 11.3 Å². The van der Waals surface area contributed by atoms with Gasteiger partial charge in [0.2, 0.25) is 0 Å². The molecular weight excluding hydrogens is 572 g/mol. The molecule has 0 atom stereocenters. The van der Waals surface area contributed by atoms with Crippen molar-refractivity contribution < 1.29 is 25.9 Å². The van der Waals surface area contributed by atoms with Gasteiger partial charge in [-0.05, 0) is 24.3 Å². The second-order valence-electron chi connectivity index (χ2n) is 10.0. The molecule has 14 nitrogen and oxygen atoms in total. The third-order valence-corrected chi connectivity index (χ3v) is 7.89. The van der Waals surface area contributed by atoms with Crippen LogP contribution in [0.15, 0.2) is 75.3 Å². The lowest BCUT2D eigenvalue weighted by Crippen LogP contribution is -2.15. The standard InChI is InChI=1S/C25H22N8O6S2/c1-14-17-7-5-6-8-18(17)33-24(28-14)21(22(31-33)25(2,3)4)29-30-23-15(12-26)13-27-32(23)19-11-16(40(34,35)36)9-10-20(19)41(37,38)39/h5-11,13,28H,1H2,2-4H3,(H,34,35,36)(H,37,38,39)/b30-29+. The van der Waals surface area contributed by atoms with Crippen LogP contribution >= 0.6 is 0 Å². The molecule has 0 amide bonds. The van der Waals surface area contributed by atoms with E-state index >= 15 is 0 Å². The van der Waals surface area contributed by atoms with Gasteiger partial charge in [0.05, 0.1) is 28.2 Å². The van der Waals surface area contributed by atoms with Crippen LogP contribution in [-0.4, -0.2) is 45.5 Å². The van der Waals surface area contributed by atoms with Crippen LogP contribution in [0.5, 0.6) is 0 Å². The Kier molecular flexibility index (Phi) is 6.42. The van der Waals surface area contributed by atoms with Crippen molar-refractivity contribution in [1.82, 2.24) is 19.6 Å². The summed E-state index contributed by atoms with van der Waals surface area (Å²) in [5.41, 5.74) is 1.83. The van der Waals surface area contributed by atoms with Crippen molar-refractivity contribution in [3.8, 4) is 17.4 Å². The predicted octanol–water partition coefficient (Wildman–Crippen LogP) is 4.53. The van der Waals surface area contributed by atoms with Gasteiger partial charge in [-0.25, -0.2) is 9.36 Å². The topological polar surface area (TPSA) is 205 Å². The molecule has 1 aliphatic heterocycles. The third-order valence-electron chi connectivity index (χ3n) is 6.14. The van der Waals surface area contributed by atoms with E-state index in [2.05, 4.69) is 27.2 Å². The summed E-state index contributed by atoms with van der Waals surface area (Å²) in [6.45, 7) is 9.85. The minimum Gasteiger partial charge on any atom is -0.338 e. The maximum Gasteiger partial charge on any atom is 0.296 e. The Balaban J connectivity index is 1.75. The first-order chi connectivity index (χ1) is 19.1. The van der Waals surface area contributed by atoms with Crippen LogP contribution < -0.4 is 5.32 Å². The van der Waals surface area contributed by atoms with Crippen LogP contribution in [0.2, 0.25) is 0 Å². The normalized spacial score (nSPS) is 13.5. The zero-order chi connectivity index (χ0) is 29.9. The van der Waals surface area contributed by atoms with Crippen LogP contribution in [0.3, 0.4) is 0 Å². The number of azo groups is 1. The molecule has 210 valence electrons. The summed E-state index contributed by atoms with van der Waals surface area (Å²) in [4.78, 5) is -1.43. The molecule has 1 aliphatic rings. The van der Waals surface area contributed by atoms with E-state index in [4.69, 9.17) is 5.10 Å². The molecule has 4 aromatic rings. The first-order valence-electron chi connectivity index (χ1n) is 11.8. The maximum absolute atomic E-state index is 12.1. The van der Waals surface area contributed by atoms with Gasteiger partial charge < -0.3 is 5.32 Å². The Morgan fingerprint density at radius 3 is 2.34 bits per heavy atom. The van der Waals surface area contributed by atoms with Gasteiger partial charge >= 0.3 is 0 Å². The monoisotopic (exact) mass is 594 g/mol.